The molecule has 10 heteroatoms. The van der Waals surface area contributed by atoms with E-state index in [1.54, 1.807) is 38.4 Å². The highest BCUT2D eigenvalue weighted by atomic mass is 32.2. The number of fused-ring (bicyclic) bond motifs is 1. The highest BCUT2D eigenvalue weighted by Gasteiger charge is 2.32. The Hall–Kier alpha value is -2.14. The molecule has 9 nitrogen and oxygen atoms in total. The normalized spacial score (nSPS) is 23.9. The first-order chi connectivity index (χ1) is 18.1. The van der Waals surface area contributed by atoms with Crippen molar-refractivity contribution in [2.75, 3.05) is 60.1 Å². The first-order valence-corrected chi connectivity index (χ1v) is 15.3. The third kappa shape index (κ3) is 6.35. The van der Waals surface area contributed by atoms with Crippen LogP contribution in [-0.4, -0.2) is 112 Å². The van der Waals surface area contributed by atoms with E-state index in [9.17, 15) is 13.2 Å². The molecule has 38 heavy (non-hydrogen) atoms. The molecule has 1 amide bonds. The summed E-state index contributed by atoms with van der Waals surface area (Å²) in [6.45, 7) is 11.1. The minimum atomic E-state index is -3.69. The molecule has 1 aromatic rings. The van der Waals surface area contributed by atoms with Crippen LogP contribution in [-0.2, 0) is 19.6 Å². The summed E-state index contributed by atoms with van der Waals surface area (Å²) >= 11 is 0. The summed E-state index contributed by atoms with van der Waals surface area (Å²) in [5.41, 5.74) is 1.25. The van der Waals surface area contributed by atoms with Crippen molar-refractivity contribution in [1.29, 1.82) is 0 Å². The largest absolute Gasteiger partial charge is 0.497 e. The number of aryl methyl sites for hydroxylation is 1. The first kappa shape index (κ1) is 28.9. The maximum absolute atomic E-state index is 13.2. The van der Waals surface area contributed by atoms with Crippen molar-refractivity contribution in [3.05, 3.63) is 29.5 Å². The molecule has 2 fully saturated rings. The number of sulfonamides is 1. The van der Waals surface area contributed by atoms with Gasteiger partial charge in [-0.05, 0) is 70.2 Å². The van der Waals surface area contributed by atoms with Gasteiger partial charge in [-0.3, -0.25) is 18.9 Å². The van der Waals surface area contributed by atoms with Crippen molar-refractivity contribution in [3.8, 4) is 5.75 Å². The average Bonchev–Trinajstić information content (AvgIpc) is 2.91. The second kappa shape index (κ2) is 12.4. The van der Waals surface area contributed by atoms with Gasteiger partial charge in [-0.15, -0.1) is 0 Å². The molecule has 212 valence electrons. The molecule has 0 unspecified atom stereocenters. The second-order valence-corrected chi connectivity index (χ2v) is 12.8. The Kier molecular flexibility index (Phi) is 9.39. The predicted molar refractivity (Wildman–Crippen MR) is 149 cm³/mol. The van der Waals surface area contributed by atoms with Gasteiger partial charge in [0.05, 0.1) is 25.2 Å². The summed E-state index contributed by atoms with van der Waals surface area (Å²) in [4.78, 5) is 20.1. The monoisotopic (exact) mass is 548 g/mol. The van der Waals surface area contributed by atoms with E-state index < -0.39 is 10.0 Å². The van der Waals surface area contributed by atoms with Crippen LogP contribution in [0.3, 0.4) is 0 Å². The topological polar surface area (TPSA) is 82.6 Å². The Balaban J connectivity index is 1.19. The number of methoxy groups -OCH3 is 1. The zero-order valence-electron chi connectivity index (χ0n) is 23.6. The van der Waals surface area contributed by atoms with E-state index in [2.05, 4.69) is 23.6 Å². The van der Waals surface area contributed by atoms with Gasteiger partial charge in [0.25, 0.3) is 10.0 Å². The zero-order chi connectivity index (χ0) is 27.4. The number of nitrogens with zero attached hydrogens (tertiary/aromatic N) is 4. The highest BCUT2D eigenvalue weighted by molar-refractivity contribution is 7.89. The number of carbonyl (C=O) groups excluding carboxylic acids is 1. The lowest BCUT2D eigenvalue weighted by Gasteiger charge is -2.44. The van der Waals surface area contributed by atoms with Crippen molar-refractivity contribution in [2.24, 2.45) is 0 Å². The quantitative estimate of drug-likeness (QED) is 0.439. The minimum Gasteiger partial charge on any atom is -0.497 e. The van der Waals surface area contributed by atoms with Gasteiger partial charge in [-0.1, -0.05) is 0 Å². The van der Waals surface area contributed by atoms with Crippen molar-refractivity contribution in [3.63, 3.8) is 0 Å². The van der Waals surface area contributed by atoms with Gasteiger partial charge in [0.15, 0.2) is 0 Å². The molecule has 0 spiro atoms. The van der Waals surface area contributed by atoms with Crippen LogP contribution in [0.2, 0.25) is 0 Å². The number of carbonyl (C=O) groups is 1. The van der Waals surface area contributed by atoms with E-state index in [1.165, 1.54) is 4.31 Å². The second-order valence-electron chi connectivity index (χ2n) is 11.0. The van der Waals surface area contributed by atoms with Crippen LogP contribution in [0, 0.1) is 6.92 Å². The third-order valence-corrected chi connectivity index (χ3v) is 10.4. The van der Waals surface area contributed by atoms with E-state index in [0.717, 1.165) is 51.9 Å². The molecule has 0 radical (unpaired) electrons. The molecule has 0 aromatic heterocycles. The zero-order valence-corrected chi connectivity index (χ0v) is 24.4. The number of likely N-dealkylation sites (N-methyl/N-ethyl adjacent to an activating group) is 1. The lowest BCUT2D eigenvalue weighted by atomic mass is 9.89. The molecule has 0 N–H and O–H groups in total. The Bertz CT molecular complexity index is 1110. The average molecular weight is 549 g/mol. The minimum absolute atomic E-state index is 0.0436. The standard InChI is InChI=1S/C28H44N4O5S/c1-21(2)30-12-14-31(15-13-30)25-8-6-24(7-9-25)29(4)27(33)20-37-17-16-32-11-10-23-19-26(36-5)18-22(3)28(23)38(32,34)35/h10-11,18-19,21,24-25H,6-9,12-17,20H2,1-5H3. The molecule has 3 aliphatic rings. The number of amides is 1. The van der Waals surface area contributed by atoms with Crippen LogP contribution in [0.4, 0.5) is 0 Å². The van der Waals surface area contributed by atoms with Gasteiger partial charge in [0, 0.05) is 63.1 Å². The van der Waals surface area contributed by atoms with Gasteiger partial charge in [0.2, 0.25) is 5.91 Å². The molecule has 1 aromatic carbocycles. The SMILES string of the molecule is COc1cc(C)c2c(c1)C=CN(CCOCC(=O)N(C)C1CCC(N3CCN(C(C)C)CC3)CC1)S2(=O)=O. The first-order valence-electron chi connectivity index (χ1n) is 13.8. The summed E-state index contributed by atoms with van der Waals surface area (Å²) in [5.74, 6) is 0.572. The number of hydrogen-bond donors (Lipinski definition) is 0. The van der Waals surface area contributed by atoms with E-state index in [4.69, 9.17) is 9.47 Å². The number of piperazine rings is 1. The molecule has 2 heterocycles. The van der Waals surface area contributed by atoms with Gasteiger partial charge >= 0.3 is 0 Å². The van der Waals surface area contributed by atoms with Crippen molar-refractivity contribution in [2.45, 2.75) is 69.5 Å². The maximum Gasteiger partial charge on any atom is 0.264 e. The molecule has 2 aliphatic heterocycles. The third-order valence-electron chi connectivity index (χ3n) is 8.38. The van der Waals surface area contributed by atoms with Crippen molar-refractivity contribution in [1.82, 2.24) is 19.0 Å². The fourth-order valence-corrected chi connectivity index (χ4v) is 7.63. The fraction of sp³-hybridized carbons (Fsp3) is 0.679. The number of hydrogen-bond acceptors (Lipinski definition) is 7. The summed E-state index contributed by atoms with van der Waals surface area (Å²) in [6.07, 6.45) is 7.59. The van der Waals surface area contributed by atoms with Gasteiger partial charge in [0.1, 0.15) is 12.4 Å². The van der Waals surface area contributed by atoms with Crippen LogP contribution in [0.1, 0.15) is 50.7 Å². The Morgan fingerprint density at radius 1 is 1.11 bits per heavy atom. The summed E-state index contributed by atoms with van der Waals surface area (Å²) in [5, 5.41) is 0. The molecule has 4 rings (SSSR count). The molecule has 1 aliphatic carbocycles. The lowest BCUT2D eigenvalue weighted by Crippen LogP contribution is -2.53. The van der Waals surface area contributed by atoms with E-state index in [-0.39, 0.29) is 36.6 Å². The number of ether oxygens (including phenoxy) is 2. The Morgan fingerprint density at radius 2 is 1.79 bits per heavy atom. The Labute approximate surface area is 228 Å². The van der Waals surface area contributed by atoms with Gasteiger partial charge < -0.3 is 14.4 Å². The molecular weight excluding hydrogens is 504 g/mol. The van der Waals surface area contributed by atoms with Crippen LogP contribution < -0.4 is 4.74 Å². The van der Waals surface area contributed by atoms with Gasteiger partial charge in [-0.25, -0.2) is 8.42 Å². The van der Waals surface area contributed by atoms with Crippen LogP contribution in [0.15, 0.2) is 23.2 Å². The summed E-state index contributed by atoms with van der Waals surface area (Å²) in [7, 11) is -0.260. The highest BCUT2D eigenvalue weighted by Crippen LogP contribution is 2.33. The van der Waals surface area contributed by atoms with E-state index in [1.807, 2.05) is 11.9 Å². The summed E-state index contributed by atoms with van der Waals surface area (Å²) < 4.78 is 38.5. The molecular formula is C28H44N4O5S. The van der Waals surface area contributed by atoms with E-state index in [0.29, 0.717) is 29.0 Å². The lowest BCUT2D eigenvalue weighted by molar-refractivity contribution is -0.137. The predicted octanol–water partition coefficient (Wildman–Crippen LogP) is 2.79. The van der Waals surface area contributed by atoms with Crippen LogP contribution in [0.5, 0.6) is 5.75 Å². The van der Waals surface area contributed by atoms with Crippen LogP contribution in [0.25, 0.3) is 6.08 Å². The molecule has 1 saturated carbocycles. The maximum atomic E-state index is 13.2. The van der Waals surface area contributed by atoms with Gasteiger partial charge in [-0.2, -0.15) is 0 Å². The number of benzene rings is 1. The fourth-order valence-electron chi connectivity index (χ4n) is 5.97. The summed E-state index contributed by atoms with van der Waals surface area (Å²) in [6, 6.07) is 4.91. The van der Waals surface area contributed by atoms with Crippen LogP contribution >= 0.6 is 0 Å². The molecule has 0 atom stereocenters. The van der Waals surface area contributed by atoms with Crippen molar-refractivity contribution < 1.29 is 22.7 Å². The smallest absolute Gasteiger partial charge is 0.264 e. The number of rotatable bonds is 9. The molecule has 0 bridgehead atoms. The Morgan fingerprint density at radius 3 is 2.42 bits per heavy atom. The van der Waals surface area contributed by atoms with Crippen molar-refractivity contribution >= 4 is 22.0 Å². The molecule has 1 saturated heterocycles. The van der Waals surface area contributed by atoms with E-state index >= 15 is 0 Å².